The van der Waals surface area contributed by atoms with E-state index in [4.69, 9.17) is 4.74 Å². The fourth-order valence-electron chi connectivity index (χ4n) is 1.17. The zero-order valence-electron chi connectivity index (χ0n) is 6.78. The summed E-state index contributed by atoms with van der Waals surface area (Å²) in [4.78, 5) is 1.17. The molecule has 0 amide bonds. The summed E-state index contributed by atoms with van der Waals surface area (Å²) in [5.74, 6) is 1.59. The first-order valence-electron chi connectivity index (χ1n) is 3.85. The van der Waals surface area contributed by atoms with Crippen LogP contribution in [0.25, 0.3) is 0 Å². The zero-order chi connectivity index (χ0) is 8.55. The summed E-state index contributed by atoms with van der Waals surface area (Å²) < 4.78 is 5.34. The molecule has 1 aliphatic heterocycles. The van der Waals surface area contributed by atoms with Crippen LogP contribution in [0.1, 0.15) is 18.6 Å². The number of aliphatic hydroxyl groups excluding tert-OH is 1. The third-order valence-corrected chi connectivity index (χ3v) is 2.76. The summed E-state index contributed by atoms with van der Waals surface area (Å²) in [7, 11) is 0. The summed E-state index contributed by atoms with van der Waals surface area (Å²) in [5.41, 5.74) is 0.913. The lowest BCUT2D eigenvalue weighted by Crippen LogP contribution is -1.91. The standard InChI is InChI=1S/C9H10O2S/c1-6(10)7-2-3-9-8(4-7)11-5-12-9/h2-4,6,10H,5H2,1H3. The first-order valence-corrected chi connectivity index (χ1v) is 4.83. The van der Waals surface area contributed by atoms with Crippen LogP contribution < -0.4 is 4.74 Å². The number of ether oxygens (including phenoxy) is 1. The van der Waals surface area contributed by atoms with Gasteiger partial charge in [0.05, 0.1) is 11.0 Å². The number of hydrogen-bond acceptors (Lipinski definition) is 3. The molecule has 0 fully saturated rings. The third kappa shape index (κ3) is 1.30. The van der Waals surface area contributed by atoms with E-state index in [0.29, 0.717) is 5.94 Å². The highest BCUT2D eigenvalue weighted by Gasteiger charge is 2.13. The van der Waals surface area contributed by atoms with Crippen molar-refractivity contribution in [2.75, 3.05) is 5.94 Å². The summed E-state index contributed by atoms with van der Waals surface area (Å²) in [6.45, 7) is 1.75. The lowest BCUT2D eigenvalue weighted by molar-refractivity contribution is 0.198. The Labute approximate surface area is 75.6 Å². The smallest absolute Gasteiger partial charge is 0.138 e. The molecule has 0 saturated heterocycles. The minimum Gasteiger partial charge on any atom is -0.481 e. The molecule has 0 aliphatic carbocycles. The molecule has 0 spiro atoms. The largest absolute Gasteiger partial charge is 0.481 e. The minimum absolute atomic E-state index is 0.413. The number of rotatable bonds is 1. The number of thioether (sulfide) groups is 1. The fraction of sp³-hybridized carbons (Fsp3) is 0.333. The van der Waals surface area contributed by atoms with Crippen molar-refractivity contribution in [3.63, 3.8) is 0 Å². The molecule has 0 radical (unpaired) electrons. The molecule has 2 rings (SSSR count). The molecule has 64 valence electrons. The van der Waals surface area contributed by atoms with Gasteiger partial charge in [-0.05, 0) is 24.6 Å². The molecule has 0 aromatic heterocycles. The van der Waals surface area contributed by atoms with Crippen LogP contribution in [-0.4, -0.2) is 11.0 Å². The number of hydrogen-bond donors (Lipinski definition) is 1. The normalized spacial score (nSPS) is 16.8. The van der Waals surface area contributed by atoms with Crippen LogP contribution >= 0.6 is 11.8 Å². The lowest BCUT2D eigenvalue weighted by atomic mass is 10.1. The van der Waals surface area contributed by atoms with E-state index in [1.165, 1.54) is 4.90 Å². The topological polar surface area (TPSA) is 29.5 Å². The Hall–Kier alpha value is -0.670. The van der Waals surface area contributed by atoms with Crippen molar-refractivity contribution in [1.82, 2.24) is 0 Å². The highest BCUT2D eigenvalue weighted by atomic mass is 32.2. The van der Waals surface area contributed by atoms with Gasteiger partial charge in [0.25, 0.3) is 0 Å². The Morgan fingerprint density at radius 3 is 3.17 bits per heavy atom. The Kier molecular flexibility index (Phi) is 1.98. The monoisotopic (exact) mass is 182 g/mol. The SMILES string of the molecule is CC(O)c1ccc2c(c1)OCS2. The van der Waals surface area contributed by atoms with E-state index in [2.05, 4.69) is 0 Å². The van der Waals surface area contributed by atoms with Gasteiger partial charge >= 0.3 is 0 Å². The van der Waals surface area contributed by atoms with Crippen LogP contribution in [0.15, 0.2) is 23.1 Å². The summed E-state index contributed by atoms with van der Waals surface area (Å²) in [6.07, 6.45) is -0.413. The van der Waals surface area contributed by atoms with Crippen LogP contribution in [0.3, 0.4) is 0 Å². The molecule has 12 heavy (non-hydrogen) atoms. The number of benzene rings is 1. The first-order chi connectivity index (χ1) is 5.77. The molecular weight excluding hydrogens is 172 g/mol. The second kappa shape index (κ2) is 2.99. The van der Waals surface area contributed by atoms with Gasteiger partial charge in [-0.25, -0.2) is 0 Å². The Balaban J connectivity index is 2.39. The van der Waals surface area contributed by atoms with E-state index >= 15 is 0 Å². The van der Waals surface area contributed by atoms with E-state index in [-0.39, 0.29) is 0 Å². The third-order valence-electron chi connectivity index (χ3n) is 1.88. The molecule has 1 unspecified atom stereocenters. The predicted molar refractivity (Wildman–Crippen MR) is 48.4 cm³/mol. The summed E-state index contributed by atoms with van der Waals surface area (Å²) in [5, 5.41) is 9.29. The van der Waals surface area contributed by atoms with Crippen LogP contribution in [0.2, 0.25) is 0 Å². The minimum atomic E-state index is -0.413. The molecule has 1 aliphatic rings. The first kappa shape index (κ1) is 7.95. The number of aliphatic hydroxyl groups is 1. The van der Waals surface area contributed by atoms with Gasteiger partial charge in [-0.1, -0.05) is 17.8 Å². The summed E-state index contributed by atoms with van der Waals surface area (Å²) >= 11 is 1.68. The Bertz CT molecular complexity index is 297. The van der Waals surface area contributed by atoms with Gasteiger partial charge in [0.15, 0.2) is 0 Å². The van der Waals surface area contributed by atoms with Crippen molar-refractivity contribution in [2.45, 2.75) is 17.9 Å². The maximum Gasteiger partial charge on any atom is 0.138 e. The second-order valence-corrected chi connectivity index (χ2v) is 3.75. The predicted octanol–water partition coefficient (Wildman–Crippen LogP) is 2.18. The molecule has 3 heteroatoms. The van der Waals surface area contributed by atoms with Crippen molar-refractivity contribution >= 4 is 11.8 Å². The van der Waals surface area contributed by atoms with E-state index in [1.807, 2.05) is 18.2 Å². The van der Waals surface area contributed by atoms with Crippen LogP contribution in [-0.2, 0) is 0 Å². The molecule has 0 bridgehead atoms. The van der Waals surface area contributed by atoms with Crippen LogP contribution in [0.5, 0.6) is 5.75 Å². The summed E-state index contributed by atoms with van der Waals surface area (Å²) in [6, 6.07) is 5.83. The van der Waals surface area contributed by atoms with Gasteiger partial charge in [0, 0.05) is 0 Å². The fourth-order valence-corrected chi connectivity index (χ4v) is 1.91. The van der Waals surface area contributed by atoms with E-state index in [9.17, 15) is 5.11 Å². The van der Waals surface area contributed by atoms with E-state index in [1.54, 1.807) is 18.7 Å². The molecule has 1 aromatic carbocycles. The maximum atomic E-state index is 9.29. The van der Waals surface area contributed by atoms with Crippen molar-refractivity contribution in [2.24, 2.45) is 0 Å². The van der Waals surface area contributed by atoms with Gasteiger partial charge < -0.3 is 9.84 Å². The van der Waals surface area contributed by atoms with Crippen molar-refractivity contribution < 1.29 is 9.84 Å². The Morgan fingerprint density at radius 1 is 1.58 bits per heavy atom. The quantitative estimate of drug-likeness (QED) is 0.721. The van der Waals surface area contributed by atoms with Gasteiger partial charge in [0.1, 0.15) is 11.7 Å². The lowest BCUT2D eigenvalue weighted by Gasteiger charge is -2.05. The van der Waals surface area contributed by atoms with Crippen LogP contribution in [0, 0.1) is 0 Å². The Morgan fingerprint density at radius 2 is 2.42 bits per heavy atom. The second-order valence-electron chi connectivity index (χ2n) is 2.79. The van der Waals surface area contributed by atoms with Crippen LogP contribution in [0.4, 0.5) is 0 Å². The molecule has 0 saturated carbocycles. The molecule has 1 atom stereocenters. The molecule has 1 aromatic rings. The highest BCUT2D eigenvalue weighted by Crippen LogP contribution is 2.37. The molecule has 2 nitrogen and oxygen atoms in total. The van der Waals surface area contributed by atoms with Crippen molar-refractivity contribution in [3.05, 3.63) is 23.8 Å². The van der Waals surface area contributed by atoms with Crippen molar-refractivity contribution in [1.29, 1.82) is 0 Å². The molecular formula is C9H10O2S. The molecule has 1 heterocycles. The van der Waals surface area contributed by atoms with Gasteiger partial charge in [-0.3, -0.25) is 0 Å². The average Bonchev–Trinajstić information content (AvgIpc) is 2.49. The van der Waals surface area contributed by atoms with E-state index in [0.717, 1.165) is 11.3 Å². The van der Waals surface area contributed by atoms with E-state index < -0.39 is 6.10 Å². The maximum absolute atomic E-state index is 9.29. The number of fused-ring (bicyclic) bond motifs is 1. The van der Waals surface area contributed by atoms with Crippen molar-refractivity contribution in [3.8, 4) is 5.75 Å². The molecule has 1 N–H and O–H groups in total. The highest BCUT2D eigenvalue weighted by molar-refractivity contribution is 7.99. The van der Waals surface area contributed by atoms with Gasteiger partial charge in [0.2, 0.25) is 0 Å². The van der Waals surface area contributed by atoms with Gasteiger partial charge in [-0.2, -0.15) is 0 Å². The average molecular weight is 182 g/mol. The van der Waals surface area contributed by atoms with Gasteiger partial charge in [-0.15, -0.1) is 0 Å². The zero-order valence-corrected chi connectivity index (χ0v) is 7.60.